The first kappa shape index (κ1) is 7.92. The van der Waals surface area contributed by atoms with Crippen LogP contribution in [0.4, 0.5) is 0 Å². The number of rotatable bonds is 2. The van der Waals surface area contributed by atoms with Gasteiger partial charge in [0, 0.05) is 0 Å². The molecule has 0 fully saturated rings. The van der Waals surface area contributed by atoms with E-state index in [1.165, 1.54) is 0 Å². The van der Waals surface area contributed by atoms with Crippen LogP contribution in [0.1, 0.15) is 31.0 Å². The van der Waals surface area contributed by atoms with Crippen molar-refractivity contribution in [2.45, 2.75) is 19.8 Å². The molecule has 0 aliphatic carbocycles. The average molecular weight is 148 g/mol. The van der Waals surface area contributed by atoms with Crippen molar-refractivity contribution in [1.82, 2.24) is 10.2 Å². The largest absolute Gasteiger partial charge is 0.158 e. The van der Waals surface area contributed by atoms with E-state index >= 15 is 0 Å². The summed E-state index contributed by atoms with van der Waals surface area (Å²) in [5.41, 5.74) is 2.05. The molecule has 0 saturated carbocycles. The molecule has 2 heteroatoms. The van der Waals surface area contributed by atoms with Crippen molar-refractivity contribution < 1.29 is 0 Å². The van der Waals surface area contributed by atoms with Crippen LogP contribution >= 0.6 is 0 Å². The number of aromatic nitrogens is 2. The van der Waals surface area contributed by atoms with Gasteiger partial charge >= 0.3 is 0 Å². The Balaban J connectivity index is 3.00. The quantitative estimate of drug-likeness (QED) is 0.642. The van der Waals surface area contributed by atoms with Gasteiger partial charge in [0.1, 0.15) is 0 Å². The Morgan fingerprint density at radius 3 is 2.82 bits per heavy atom. The Hall–Kier alpha value is -1.18. The fraction of sp³-hybridized carbons (Fsp3) is 0.333. The topological polar surface area (TPSA) is 25.8 Å². The van der Waals surface area contributed by atoms with E-state index in [0.29, 0.717) is 5.92 Å². The van der Waals surface area contributed by atoms with E-state index in [4.69, 9.17) is 0 Å². The van der Waals surface area contributed by atoms with Crippen molar-refractivity contribution in [1.29, 1.82) is 0 Å². The van der Waals surface area contributed by atoms with Crippen LogP contribution in [0.5, 0.6) is 0 Å². The third-order valence-electron chi connectivity index (χ3n) is 1.52. The van der Waals surface area contributed by atoms with Crippen LogP contribution < -0.4 is 0 Å². The second-order valence-corrected chi connectivity index (χ2v) is 2.77. The minimum absolute atomic E-state index is 0.433. The Kier molecular flexibility index (Phi) is 2.36. The summed E-state index contributed by atoms with van der Waals surface area (Å²) in [5, 5.41) is 7.84. The van der Waals surface area contributed by atoms with Gasteiger partial charge in [0.05, 0.1) is 11.9 Å². The van der Waals surface area contributed by atoms with Gasteiger partial charge < -0.3 is 0 Å². The van der Waals surface area contributed by atoms with Crippen molar-refractivity contribution in [3.63, 3.8) is 0 Å². The maximum absolute atomic E-state index is 3.99. The van der Waals surface area contributed by atoms with E-state index in [-0.39, 0.29) is 0 Å². The molecule has 11 heavy (non-hydrogen) atoms. The van der Waals surface area contributed by atoms with Crippen molar-refractivity contribution in [3.8, 4) is 0 Å². The van der Waals surface area contributed by atoms with Crippen LogP contribution in [0.3, 0.4) is 0 Å². The fourth-order valence-electron chi connectivity index (χ4n) is 0.793. The average Bonchev–Trinajstić information content (AvgIpc) is 2.05. The maximum Gasteiger partial charge on any atom is 0.0662 e. The lowest BCUT2D eigenvalue weighted by Crippen LogP contribution is -1.94. The van der Waals surface area contributed by atoms with Gasteiger partial charge in [-0.3, -0.25) is 0 Å². The van der Waals surface area contributed by atoms with Crippen LogP contribution in [0.25, 0.3) is 6.08 Å². The molecule has 0 bridgehead atoms. The third-order valence-corrected chi connectivity index (χ3v) is 1.52. The highest BCUT2D eigenvalue weighted by atomic mass is 15.1. The SMILES string of the molecule is C=Cc1cnnc(C(C)C)c1. The molecule has 0 aromatic carbocycles. The summed E-state index contributed by atoms with van der Waals surface area (Å²) in [6.45, 7) is 7.85. The van der Waals surface area contributed by atoms with Crippen LogP contribution in [0.15, 0.2) is 18.8 Å². The highest BCUT2D eigenvalue weighted by molar-refractivity contribution is 5.45. The standard InChI is InChI=1S/C9H12N2/c1-4-8-5-9(7(2)3)11-10-6-8/h4-7H,1H2,2-3H3. The molecular weight excluding hydrogens is 136 g/mol. The molecule has 1 rings (SSSR count). The first-order chi connectivity index (χ1) is 5.24. The van der Waals surface area contributed by atoms with E-state index in [2.05, 4.69) is 30.6 Å². The van der Waals surface area contributed by atoms with E-state index in [0.717, 1.165) is 11.3 Å². The second-order valence-electron chi connectivity index (χ2n) is 2.77. The van der Waals surface area contributed by atoms with Crippen LogP contribution in [0, 0.1) is 0 Å². The first-order valence-electron chi connectivity index (χ1n) is 3.69. The van der Waals surface area contributed by atoms with Gasteiger partial charge in [0.25, 0.3) is 0 Å². The molecule has 0 saturated heterocycles. The van der Waals surface area contributed by atoms with Gasteiger partial charge in [-0.05, 0) is 17.5 Å². The maximum atomic E-state index is 3.99. The van der Waals surface area contributed by atoms with E-state index < -0.39 is 0 Å². The molecule has 0 spiro atoms. The number of hydrogen-bond donors (Lipinski definition) is 0. The third kappa shape index (κ3) is 1.87. The normalized spacial score (nSPS) is 10.1. The van der Waals surface area contributed by atoms with Gasteiger partial charge in [-0.2, -0.15) is 10.2 Å². The van der Waals surface area contributed by atoms with Gasteiger partial charge in [-0.25, -0.2) is 0 Å². The molecular formula is C9H12N2. The van der Waals surface area contributed by atoms with Crippen LogP contribution in [-0.2, 0) is 0 Å². The van der Waals surface area contributed by atoms with Crippen molar-refractivity contribution >= 4 is 6.08 Å². The minimum atomic E-state index is 0.433. The molecule has 0 amide bonds. The smallest absolute Gasteiger partial charge is 0.0662 e. The highest BCUT2D eigenvalue weighted by Crippen LogP contribution is 2.11. The zero-order valence-corrected chi connectivity index (χ0v) is 6.91. The van der Waals surface area contributed by atoms with E-state index in [1.807, 2.05) is 6.07 Å². The predicted molar refractivity (Wildman–Crippen MR) is 46.2 cm³/mol. The molecule has 1 heterocycles. The molecule has 0 N–H and O–H groups in total. The molecule has 1 aromatic rings. The summed E-state index contributed by atoms with van der Waals surface area (Å²) < 4.78 is 0. The summed E-state index contributed by atoms with van der Waals surface area (Å²) in [6, 6.07) is 2.00. The Morgan fingerprint density at radius 2 is 2.27 bits per heavy atom. The number of nitrogens with zero attached hydrogens (tertiary/aromatic N) is 2. The zero-order valence-electron chi connectivity index (χ0n) is 6.91. The molecule has 58 valence electrons. The molecule has 0 radical (unpaired) electrons. The van der Waals surface area contributed by atoms with Gasteiger partial charge in [-0.15, -0.1) is 0 Å². The zero-order chi connectivity index (χ0) is 8.27. The molecule has 0 unspecified atom stereocenters. The molecule has 1 aromatic heterocycles. The summed E-state index contributed by atoms with van der Waals surface area (Å²) in [5.74, 6) is 0.433. The minimum Gasteiger partial charge on any atom is -0.158 e. The lowest BCUT2D eigenvalue weighted by Gasteiger charge is -2.02. The van der Waals surface area contributed by atoms with Crippen LogP contribution in [-0.4, -0.2) is 10.2 Å². The van der Waals surface area contributed by atoms with Crippen molar-refractivity contribution in [2.75, 3.05) is 0 Å². The molecule has 0 aliphatic heterocycles. The molecule has 0 aliphatic rings. The summed E-state index contributed by atoms with van der Waals surface area (Å²) in [4.78, 5) is 0. The Labute approximate surface area is 67.0 Å². The second kappa shape index (κ2) is 3.28. The van der Waals surface area contributed by atoms with Gasteiger partial charge in [0.2, 0.25) is 0 Å². The lowest BCUT2D eigenvalue weighted by molar-refractivity contribution is 0.784. The Bertz CT molecular complexity index is 253. The van der Waals surface area contributed by atoms with E-state index in [1.54, 1.807) is 12.3 Å². The van der Waals surface area contributed by atoms with Gasteiger partial charge in [-0.1, -0.05) is 26.5 Å². The highest BCUT2D eigenvalue weighted by Gasteiger charge is 2.00. The first-order valence-corrected chi connectivity index (χ1v) is 3.69. The molecule has 0 atom stereocenters. The lowest BCUT2D eigenvalue weighted by atomic mass is 10.1. The summed E-state index contributed by atoms with van der Waals surface area (Å²) in [7, 11) is 0. The van der Waals surface area contributed by atoms with Crippen LogP contribution in [0.2, 0.25) is 0 Å². The number of hydrogen-bond acceptors (Lipinski definition) is 2. The van der Waals surface area contributed by atoms with Gasteiger partial charge in [0.15, 0.2) is 0 Å². The van der Waals surface area contributed by atoms with Crippen molar-refractivity contribution in [2.24, 2.45) is 0 Å². The van der Waals surface area contributed by atoms with E-state index in [9.17, 15) is 0 Å². The summed E-state index contributed by atoms with van der Waals surface area (Å²) in [6.07, 6.45) is 3.49. The monoisotopic (exact) mass is 148 g/mol. The molecule has 2 nitrogen and oxygen atoms in total. The van der Waals surface area contributed by atoms with Crippen molar-refractivity contribution in [3.05, 3.63) is 30.1 Å². The predicted octanol–water partition coefficient (Wildman–Crippen LogP) is 2.24. The summed E-state index contributed by atoms with van der Waals surface area (Å²) >= 11 is 0. The Morgan fingerprint density at radius 1 is 1.55 bits per heavy atom. The fourth-order valence-corrected chi connectivity index (χ4v) is 0.793.